The quantitative estimate of drug-likeness (QED) is 0.459. The standard InChI is InChI=1S/C17H26N4O4S/c1-18-13(22)9-19-10-14(23)21-17-15(16(24)20-7-8-25-2)11-5-3-4-6-12(11)26-17/h19H,3-10H2,1-2H3,(H,18,22)(H,20,24)(H,21,23). The predicted molar refractivity (Wildman–Crippen MR) is 101 cm³/mol. The number of thiophene rings is 1. The Morgan fingerprint density at radius 2 is 1.85 bits per heavy atom. The Bertz CT molecular complexity index is 659. The molecule has 0 bridgehead atoms. The van der Waals surface area contributed by atoms with E-state index in [1.54, 1.807) is 7.11 Å². The number of hydrogen-bond acceptors (Lipinski definition) is 6. The van der Waals surface area contributed by atoms with E-state index in [4.69, 9.17) is 4.74 Å². The van der Waals surface area contributed by atoms with Crippen LogP contribution in [0.2, 0.25) is 0 Å². The van der Waals surface area contributed by atoms with Crippen molar-refractivity contribution in [3.63, 3.8) is 0 Å². The molecule has 144 valence electrons. The molecule has 0 spiro atoms. The molecule has 0 saturated carbocycles. The highest BCUT2D eigenvalue weighted by Crippen LogP contribution is 2.38. The fourth-order valence-electron chi connectivity index (χ4n) is 2.80. The van der Waals surface area contributed by atoms with Gasteiger partial charge in [-0.15, -0.1) is 11.3 Å². The molecule has 0 aliphatic heterocycles. The number of anilines is 1. The lowest BCUT2D eigenvalue weighted by atomic mass is 9.95. The molecule has 0 unspecified atom stereocenters. The van der Waals surface area contributed by atoms with Crippen LogP contribution in [0.25, 0.3) is 0 Å². The van der Waals surface area contributed by atoms with Crippen molar-refractivity contribution < 1.29 is 19.1 Å². The summed E-state index contributed by atoms with van der Waals surface area (Å²) in [6.07, 6.45) is 3.93. The average molecular weight is 382 g/mol. The number of ether oxygens (including phenoxy) is 1. The summed E-state index contributed by atoms with van der Waals surface area (Å²) in [5.74, 6) is -0.656. The molecule has 1 aromatic heterocycles. The van der Waals surface area contributed by atoms with Crippen molar-refractivity contribution in [1.82, 2.24) is 16.0 Å². The maximum Gasteiger partial charge on any atom is 0.254 e. The summed E-state index contributed by atoms with van der Waals surface area (Å²) in [5, 5.41) is 11.5. The van der Waals surface area contributed by atoms with E-state index >= 15 is 0 Å². The molecule has 0 saturated heterocycles. The summed E-state index contributed by atoms with van der Waals surface area (Å²) >= 11 is 1.47. The number of nitrogens with one attached hydrogen (secondary N) is 4. The maximum absolute atomic E-state index is 12.6. The van der Waals surface area contributed by atoms with Crippen molar-refractivity contribution >= 4 is 34.1 Å². The Kier molecular flexibility index (Phi) is 8.02. The van der Waals surface area contributed by atoms with Crippen LogP contribution in [-0.4, -0.2) is 58.1 Å². The highest BCUT2D eigenvalue weighted by atomic mass is 32.1. The minimum atomic E-state index is -0.279. The zero-order valence-electron chi connectivity index (χ0n) is 15.2. The van der Waals surface area contributed by atoms with Gasteiger partial charge in [-0.3, -0.25) is 19.7 Å². The fourth-order valence-corrected chi connectivity index (χ4v) is 4.10. The number of carbonyl (C=O) groups excluding carboxylic acids is 3. The second-order valence-electron chi connectivity index (χ2n) is 5.99. The summed E-state index contributed by atoms with van der Waals surface area (Å²) in [4.78, 5) is 37.2. The van der Waals surface area contributed by atoms with E-state index in [9.17, 15) is 14.4 Å². The molecule has 1 heterocycles. The number of methoxy groups -OCH3 is 1. The first kappa shape index (κ1) is 20.3. The topological polar surface area (TPSA) is 109 Å². The van der Waals surface area contributed by atoms with Gasteiger partial charge in [0.25, 0.3) is 5.91 Å². The third-order valence-electron chi connectivity index (χ3n) is 4.09. The highest BCUT2D eigenvalue weighted by molar-refractivity contribution is 7.17. The number of rotatable bonds is 9. The number of fused-ring (bicyclic) bond motifs is 1. The van der Waals surface area contributed by atoms with Gasteiger partial charge in [0.2, 0.25) is 11.8 Å². The van der Waals surface area contributed by atoms with Gasteiger partial charge < -0.3 is 20.7 Å². The van der Waals surface area contributed by atoms with E-state index in [1.165, 1.54) is 23.3 Å². The molecule has 1 aromatic rings. The zero-order valence-corrected chi connectivity index (χ0v) is 16.0. The first-order valence-electron chi connectivity index (χ1n) is 8.69. The summed E-state index contributed by atoms with van der Waals surface area (Å²) in [5.41, 5.74) is 1.62. The molecule has 9 heteroatoms. The maximum atomic E-state index is 12.6. The number of amides is 3. The minimum Gasteiger partial charge on any atom is -0.383 e. The van der Waals surface area contributed by atoms with E-state index in [0.29, 0.717) is 23.7 Å². The first-order chi connectivity index (χ1) is 12.6. The number of hydrogen-bond donors (Lipinski definition) is 4. The molecule has 0 atom stereocenters. The number of likely N-dealkylation sites (N-methyl/N-ethyl adjacent to an activating group) is 1. The van der Waals surface area contributed by atoms with Crippen LogP contribution >= 0.6 is 11.3 Å². The molecular weight excluding hydrogens is 356 g/mol. The lowest BCUT2D eigenvalue weighted by Crippen LogP contribution is -2.36. The van der Waals surface area contributed by atoms with E-state index in [1.807, 2.05) is 0 Å². The molecule has 4 N–H and O–H groups in total. The highest BCUT2D eigenvalue weighted by Gasteiger charge is 2.26. The Morgan fingerprint density at radius 3 is 2.58 bits per heavy atom. The van der Waals surface area contributed by atoms with E-state index in [2.05, 4.69) is 21.3 Å². The first-order valence-corrected chi connectivity index (χ1v) is 9.51. The third kappa shape index (κ3) is 5.52. The SMILES string of the molecule is CNC(=O)CNCC(=O)Nc1sc2c(c1C(=O)NCCOC)CCCC2. The Hall–Kier alpha value is -1.97. The largest absolute Gasteiger partial charge is 0.383 e. The van der Waals surface area contributed by atoms with Crippen LogP contribution in [0.15, 0.2) is 0 Å². The summed E-state index contributed by atoms with van der Waals surface area (Å²) in [6.45, 7) is 0.917. The predicted octanol–water partition coefficient (Wildman–Crippen LogP) is 0.277. The second-order valence-corrected chi connectivity index (χ2v) is 7.09. The number of aryl methyl sites for hydroxylation is 1. The van der Waals surface area contributed by atoms with Crippen molar-refractivity contribution in [3.8, 4) is 0 Å². The Labute approximate surface area is 157 Å². The van der Waals surface area contributed by atoms with E-state index in [0.717, 1.165) is 31.2 Å². The van der Waals surface area contributed by atoms with Gasteiger partial charge in [0.15, 0.2) is 0 Å². The van der Waals surface area contributed by atoms with Gasteiger partial charge >= 0.3 is 0 Å². The van der Waals surface area contributed by atoms with Gasteiger partial charge in [0.1, 0.15) is 5.00 Å². The minimum absolute atomic E-state index is 0.000715. The average Bonchev–Trinajstić information content (AvgIpc) is 2.99. The zero-order chi connectivity index (χ0) is 18.9. The van der Waals surface area contributed by atoms with Crippen molar-refractivity contribution in [3.05, 3.63) is 16.0 Å². The van der Waals surface area contributed by atoms with Crippen molar-refractivity contribution in [1.29, 1.82) is 0 Å². The lowest BCUT2D eigenvalue weighted by molar-refractivity contribution is -0.120. The summed E-state index contributed by atoms with van der Waals surface area (Å²) in [7, 11) is 3.12. The monoisotopic (exact) mass is 382 g/mol. The van der Waals surface area contributed by atoms with Gasteiger partial charge in [-0.25, -0.2) is 0 Å². The van der Waals surface area contributed by atoms with Crippen LogP contribution in [0, 0.1) is 0 Å². The van der Waals surface area contributed by atoms with Crippen LogP contribution in [0.3, 0.4) is 0 Å². The van der Waals surface area contributed by atoms with Gasteiger partial charge in [-0.1, -0.05) is 0 Å². The summed E-state index contributed by atoms with van der Waals surface area (Å²) in [6, 6.07) is 0. The molecule has 8 nitrogen and oxygen atoms in total. The smallest absolute Gasteiger partial charge is 0.254 e. The Balaban J connectivity index is 2.06. The molecule has 1 aliphatic carbocycles. The van der Waals surface area contributed by atoms with Crippen LogP contribution in [0.1, 0.15) is 33.6 Å². The van der Waals surface area contributed by atoms with Crippen LogP contribution in [-0.2, 0) is 27.2 Å². The normalized spacial score (nSPS) is 13.0. The van der Waals surface area contributed by atoms with Crippen molar-refractivity contribution in [2.24, 2.45) is 0 Å². The summed E-state index contributed by atoms with van der Waals surface area (Å²) < 4.78 is 4.97. The van der Waals surface area contributed by atoms with Gasteiger partial charge in [-0.2, -0.15) is 0 Å². The van der Waals surface area contributed by atoms with Crippen molar-refractivity contribution in [2.45, 2.75) is 25.7 Å². The molecular formula is C17H26N4O4S. The Morgan fingerprint density at radius 1 is 1.12 bits per heavy atom. The van der Waals surface area contributed by atoms with Crippen LogP contribution < -0.4 is 21.3 Å². The second kappa shape index (κ2) is 10.2. The van der Waals surface area contributed by atoms with Gasteiger partial charge in [0, 0.05) is 25.6 Å². The van der Waals surface area contributed by atoms with Crippen molar-refractivity contribution in [2.75, 3.05) is 45.7 Å². The van der Waals surface area contributed by atoms with Gasteiger partial charge in [-0.05, 0) is 31.2 Å². The fraction of sp³-hybridized carbons (Fsp3) is 0.588. The molecule has 3 amide bonds. The molecule has 0 fully saturated rings. The van der Waals surface area contributed by atoms with E-state index in [-0.39, 0.29) is 30.8 Å². The van der Waals surface area contributed by atoms with Crippen LogP contribution in [0.5, 0.6) is 0 Å². The van der Waals surface area contributed by atoms with Gasteiger partial charge in [0.05, 0.1) is 25.3 Å². The molecule has 26 heavy (non-hydrogen) atoms. The third-order valence-corrected chi connectivity index (χ3v) is 5.30. The van der Waals surface area contributed by atoms with Crippen LogP contribution in [0.4, 0.5) is 5.00 Å². The molecule has 0 aromatic carbocycles. The number of carbonyl (C=O) groups is 3. The molecule has 0 radical (unpaired) electrons. The molecule has 2 rings (SSSR count). The van der Waals surface area contributed by atoms with E-state index < -0.39 is 0 Å². The lowest BCUT2D eigenvalue weighted by Gasteiger charge is -2.13. The molecule has 1 aliphatic rings.